The van der Waals surface area contributed by atoms with Crippen molar-refractivity contribution in [3.63, 3.8) is 0 Å². The van der Waals surface area contributed by atoms with Crippen LogP contribution in [0.5, 0.6) is 0 Å². The van der Waals surface area contributed by atoms with Crippen LogP contribution in [-0.4, -0.2) is 0 Å². The molecule has 0 N–H and O–H groups in total. The Bertz CT molecular complexity index is 289. The van der Waals surface area contributed by atoms with Crippen molar-refractivity contribution in [2.24, 2.45) is 0 Å². The van der Waals surface area contributed by atoms with Crippen LogP contribution in [0.25, 0.3) is 0 Å². The van der Waals surface area contributed by atoms with Gasteiger partial charge in [0.25, 0.3) is 7.82 Å². The fourth-order valence-corrected chi connectivity index (χ4v) is 2.61. The molecular weight excluding hydrogens is 488 g/mol. The summed E-state index contributed by atoms with van der Waals surface area (Å²) in [5, 5.41) is 0. The Morgan fingerprint density at radius 3 is 0.789 bits per heavy atom. The predicted octanol–water partition coefficient (Wildman–Crippen LogP) is -21.8. The molecular formula is K6O10P3+. The van der Waals surface area contributed by atoms with Crippen LogP contribution in [0.1, 0.15) is 0 Å². The van der Waals surface area contributed by atoms with Crippen molar-refractivity contribution in [1.29, 1.82) is 0 Å². The summed E-state index contributed by atoms with van der Waals surface area (Å²) in [5.74, 6) is 0. The van der Waals surface area contributed by atoms with E-state index in [1.807, 2.05) is 0 Å². The molecule has 0 aliphatic rings. The Labute approximate surface area is 365 Å². The fourth-order valence-electron chi connectivity index (χ4n) is 0.260. The molecule has 0 aromatic rings. The van der Waals surface area contributed by atoms with E-state index in [0.717, 1.165) is 0 Å². The zero-order valence-corrected chi connectivity index (χ0v) is 32.8. The smallest absolute Gasteiger partial charge is 0.790 e. The molecule has 0 radical (unpaired) electrons. The molecule has 0 aliphatic heterocycles. The van der Waals surface area contributed by atoms with Crippen molar-refractivity contribution in [3.8, 4) is 0 Å². The van der Waals surface area contributed by atoms with E-state index in [4.69, 9.17) is 0 Å². The van der Waals surface area contributed by atoms with E-state index in [1.54, 1.807) is 0 Å². The molecule has 80 valence electrons. The molecule has 19 heavy (non-hydrogen) atoms. The second kappa shape index (κ2) is 22.9. The van der Waals surface area contributed by atoms with Gasteiger partial charge in [-0.25, -0.2) is 0 Å². The van der Waals surface area contributed by atoms with Crippen LogP contribution in [0.3, 0.4) is 0 Å². The molecule has 0 heterocycles. The standard InChI is InChI=1S/6K.H5O10P3/c;;;;;;1-11(2,3)9-13(7,8)10-12(4,5)6/h;;;;;;(H,7,8)(H2,1,2,3)(H2,4,5,6)/q6*+1;/p-5. The van der Waals surface area contributed by atoms with E-state index in [-0.39, 0.29) is 308 Å². The number of hydrogen-bond donors (Lipinski definition) is 0. The van der Waals surface area contributed by atoms with Gasteiger partial charge in [-0.05, 0) is 0 Å². The van der Waals surface area contributed by atoms with Crippen molar-refractivity contribution in [2.45, 2.75) is 0 Å². The van der Waals surface area contributed by atoms with Gasteiger partial charge in [-0.2, -0.15) is 0 Å². The van der Waals surface area contributed by atoms with Gasteiger partial charge in [-0.3, -0.25) is 13.2 Å². The van der Waals surface area contributed by atoms with Crippen LogP contribution < -0.4 is 333 Å². The van der Waals surface area contributed by atoms with Crippen molar-refractivity contribution in [3.05, 3.63) is 0 Å². The maximum atomic E-state index is 10.1. The van der Waals surface area contributed by atoms with Crippen LogP contribution in [0.15, 0.2) is 0 Å². The van der Waals surface area contributed by atoms with E-state index in [1.165, 1.54) is 0 Å². The third-order valence-corrected chi connectivity index (χ3v) is 3.60. The van der Waals surface area contributed by atoms with Gasteiger partial charge in [0.15, 0.2) is 0 Å². The van der Waals surface area contributed by atoms with Crippen LogP contribution in [0.4, 0.5) is 0 Å². The third-order valence-electron chi connectivity index (χ3n) is 0.400. The maximum Gasteiger partial charge on any atom is 1.00 e. The fraction of sp³-hybridized carbons (Fsp3) is 0. The molecule has 0 spiro atoms. The molecule has 0 aromatic heterocycles. The number of rotatable bonds is 4. The summed E-state index contributed by atoms with van der Waals surface area (Å²) < 4.78 is 34.7. The first-order valence-electron chi connectivity index (χ1n) is 2.19. The SMILES string of the molecule is O=P([O-])([O-])OP(=O)([O-])OP(=O)([O-])[O-].[K+].[K+].[K+].[K+].[K+].[K+]. The van der Waals surface area contributed by atoms with Crippen LogP contribution in [0.2, 0.25) is 0 Å². The minimum absolute atomic E-state index is 0. The Morgan fingerprint density at radius 1 is 0.526 bits per heavy atom. The molecule has 0 saturated heterocycles. The molecule has 10 nitrogen and oxygen atoms in total. The third kappa shape index (κ3) is 39.3. The number of phosphoric acid groups is 3. The van der Waals surface area contributed by atoms with Crippen molar-refractivity contribution in [2.75, 3.05) is 0 Å². The molecule has 0 atom stereocenters. The first-order valence-corrected chi connectivity index (χ1v) is 6.57. The quantitative estimate of drug-likeness (QED) is 0.272. The Kier molecular flexibility index (Phi) is 56.8. The zero-order valence-electron chi connectivity index (χ0n) is 11.4. The summed E-state index contributed by atoms with van der Waals surface area (Å²) in [6.45, 7) is 0. The van der Waals surface area contributed by atoms with Crippen LogP contribution in [-0.2, 0) is 22.3 Å². The maximum absolute atomic E-state index is 10.1. The molecule has 0 aromatic carbocycles. The summed E-state index contributed by atoms with van der Waals surface area (Å²) in [4.78, 5) is 48.6. The van der Waals surface area contributed by atoms with E-state index in [2.05, 4.69) is 8.62 Å². The average Bonchev–Trinajstić information content (AvgIpc) is 1.43. The second-order valence-corrected chi connectivity index (χ2v) is 5.49. The Hall–Kier alpha value is 10.2. The molecule has 0 fully saturated rings. The van der Waals surface area contributed by atoms with Gasteiger partial charge in [0.1, 0.15) is 0 Å². The summed E-state index contributed by atoms with van der Waals surface area (Å²) in [6, 6.07) is 0. The van der Waals surface area contributed by atoms with Gasteiger partial charge in [0, 0.05) is 0 Å². The van der Waals surface area contributed by atoms with E-state index in [9.17, 15) is 38.2 Å². The molecule has 0 amide bonds. The van der Waals surface area contributed by atoms with Crippen molar-refractivity contribution in [1.82, 2.24) is 0 Å². The second-order valence-electron chi connectivity index (χ2n) is 1.50. The van der Waals surface area contributed by atoms with Gasteiger partial charge in [0.2, 0.25) is 0 Å². The predicted molar refractivity (Wildman–Crippen MR) is 25.0 cm³/mol. The average molecular weight is 488 g/mol. The topological polar surface area (TPSA) is 185 Å². The van der Waals surface area contributed by atoms with Gasteiger partial charge < -0.3 is 33.6 Å². The minimum atomic E-state index is -5.97. The van der Waals surface area contributed by atoms with Gasteiger partial charge in [0.05, 0.1) is 15.6 Å². The monoisotopic (exact) mass is 487 g/mol. The van der Waals surface area contributed by atoms with Crippen LogP contribution in [0, 0.1) is 0 Å². The van der Waals surface area contributed by atoms with E-state index < -0.39 is 23.5 Å². The largest absolute Gasteiger partial charge is 1.00 e. The molecule has 0 unspecified atom stereocenters. The van der Waals surface area contributed by atoms with Gasteiger partial charge >= 0.3 is 308 Å². The molecule has 0 saturated carbocycles. The van der Waals surface area contributed by atoms with Crippen LogP contribution >= 0.6 is 23.5 Å². The summed E-state index contributed by atoms with van der Waals surface area (Å²) >= 11 is 0. The summed E-state index contributed by atoms with van der Waals surface area (Å²) in [7, 11) is -17.9. The van der Waals surface area contributed by atoms with Gasteiger partial charge in [-0.15, -0.1) is 0 Å². The summed E-state index contributed by atoms with van der Waals surface area (Å²) in [6.07, 6.45) is 0. The first kappa shape index (κ1) is 47.1. The minimum Gasteiger partial charge on any atom is -0.790 e. The van der Waals surface area contributed by atoms with E-state index >= 15 is 0 Å². The molecule has 0 rings (SSSR count). The van der Waals surface area contributed by atoms with Crippen molar-refractivity contribution < 1.29 is 355 Å². The van der Waals surface area contributed by atoms with E-state index in [0.29, 0.717) is 0 Å². The molecule has 0 bridgehead atoms. The molecule has 0 aliphatic carbocycles. The molecule has 19 heteroatoms. The first-order chi connectivity index (χ1) is 5.41. The van der Waals surface area contributed by atoms with Crippen molar-refractivity contribution >= 4 is 23.5 Å². The zero-order chi connectivity index (χ0) is 10.9. The van der Waals surface area contributed by atoms with Gasteiger partial charge in [-0.1, -0.05) is 0 Å². The Balaban J connectivity index is -0.0000000480. The Morgan fingerprint density at radius 2 is 0.684 bits per heavy atom. The summed E-state index contributed by atoms with van der Waals surface area (Å²) in [5.41, 5.74) is 0. The normalized spacial score (nSPS) is 9.95. The number of hydrogen-bond acceptors (Lipinski definition) is 10.